The van der Waals surface area contributed by atoms with E-state index < -0.39 is 6.35 Å². The van der Waals surface area contributed by atoms with Gasteiger partial charge in [0, 0.05) is 6.54 Å². The molecule has 11 nitrogen and oxygen atoms in total. The third-order valence-corrected chi connectivity index (χ3v) is 3.38. The van der Waals surface area contributed by atoms with Gasteiger partial charge in [0.05, 0.1) is 37.9 Å². The summed E-state index contributed by atoms with van der Waals surface area (Å²) in [4.78, 5) is 4.58. The molecule has 0 bridgehead atoms. The molecule has 0 aromatic rings. The molecule has 0 fully saturated rings. The molecule has 9 N–H and O–H groups in total. The van der Waals surface area contributed by atoms with Crippen molar-refractivity contribution in [1.29, 1.82) is 0 Å². The molecule has 1 unspecified atom stereocenters. The Balaban J connectivity index is 4.54. The van der Waals surface area contributed by atoms with E-state index >= 15 is 0 Å². The predicted molar refractivity (Wildman–Crippen MR) is 109 cm³/mol. The molecule has 0 aliphatic heterocycles. The maximum absolute atomic E-state index is 5.80. The van der Waals surface area contributed by atoms with Gasteiger partial charge in [0.1, 0.15) is 19.2 Å². The second-order valence-electron chi connectivity index (χ2n) is 5.91. The topological polar surface area (TPSA) is 149 Å². The van der Waals surface area contributed by atoms with Gasteiger partial charge >= 0.3 is 0 Å². The molecule has 0 aromatic heterocycles. The lowest BCUT2D eigenvalue weighted by Gasteiger charge is -2.25. The lowest BCUT2D eigenvalue weighted by Crippen LogP contribution is -2.51. The second kappa shape index (κ2) is 18.7. The van der Waals surface area contributed by atoms with Gasteiger partial charge < -0.3 is 30.2 Å². The van der Waals surface area contributed by atoms with Crippen molar-refractivity contribution >= 4 is 0 Å². The zero-order chi connectivity index (χ0) is 21.0. The maximum atomic E-state index is 5.80. The number of hydrogen-bond donors (Lipinski definition) is 7. The van der Waals surface area contributed by atoms with Gasteiger partial charge in [0.25, 0.3) is 0 Å². The van der Waals surface area contributed by atoms with Crippen molar-refractivity contribution in [2.24, 2.45) is 11.7 Å². The van der Waals surface area contributed by atoms with Gasteiger partial charge in [-0.1, -0.05) is 19.9 Å². The SMILES string of the molecule is C=C(C)OCCOCCOC(NCNN)N/C(NCCCC)=C(\C)NCON. The van der Waals surface area contributed by atoms with E-state index in [1.807, 2.05) is 6.92 Å². The van der Waals surface area contributed by atoms with Crippen molar-refractivity contribution in [2.75, 3.05) is 46.4 Å². The van der Waals surface area contributed by atoms with E-state index in [1.165, 1.54) is 0 Å². The van der Waals surface area contributed by atoms with Crippen LogP contribution in [0.25, 0.3) is 0 Å². The average molecular weight is 406 g/mol. The van der Waals surface area contributed by atoms with Crippen LogP contribution in [-0.2, 0) is 19.0 Å². The van der Waals surface area contributed by atoms with Crippen LogP contribution in [0.3, 0.4) is 0 Å². The van der Waals surface area contributed by atoms with Crippen LogP contribution in [-0.4, -0.2) is 52.7 Å². The first-order valence-corrected chi connectivity index (χ1v) is 9.46. The Hall–Kier alpha value is -1.60. The van der Waals surface area contributed by atoms with Crippen molar-refractivity contribution in [3.05, 3.63) is 23.9 Å². The van der Waals surface area contributed by atoms with Crippen LogP contribution in [0.1, 0.15) is 33.6 Å². The van der Waals surface area contributed by atoms with Crippen LogP contribution >= 0.6 is 0 Å². The quantitative estimate of drug-likeness (QED) is 0.0460. The Morgan fingerprint density at radius 3 is 2.50 bits per heavy atom. The molecule has 0 saturated heterocycles. The number of hydrogen-bond acceptors (Lipinski definition) is 11. The number of hydrazine groups is 1. The van der Waals surface area contributed by atoms with E-state index in [0.29, 0.717) is 38.9 Å². The van der Waals surface area contributed by atoms with Crippen LogP contribution in [0.4, 0.5) is 0 Å². The Bertz CT molecular complexity index is 424. The fourth-order valence-corrected chi connectivity index (χ4v) is 1.96. The van der Waals surface area contributed by atoms with Gasteiger partial charge in [-0.15, -0.1) is 0 Å². The molecule has 0 rings (SSSR count). The van der Waals surface area contributed by atoms with Gasteiger partial charge in [0.2, 0.25) is 0 Å². The molecule has 0 spiro atoms. The van der Waals surface area contributed by atoms with Crippen LogP contribution in [0, 0.1) is 0 Å². The van der Waals surface area contributed by atoms with Crippen LogP contribution in [0.2, 0.25) is 0 Å². The van der Waals surface area contributed by atoms with E-state index in [1.54, 1.807) is 6.92 Å². The molecule has 0 aliphatic rings. The van der Waals surface area contributed by atoms with E-state index in [2.05, 4.69) is 45.0 Å². The first-order chi connectivity index (χ1) is 13.5. The standard InChI is InChI=1S/C17H39N7O4/c1-5-6-7-20-16(15(4)22-13-28-19)24-17(21-12-23-18)27-11-9-25-8-10-26-14(2)3/h17,20-24H,2,5-13,18-19H2,1,3-4H3/b16-15+. The largest absolute Gasteiger partial charge is 0.496 e. The number of unbranched alkanes of at least 4 members (excludes halogenated alkanes) is 1. The third-order valence-electron chi connectivity index (χ3n) is 3.38. The summed E-state index contributed by atoms with van der Waals surface area (Å²) in [5.41, 5.74) is 3.38. The highest BCUT2D eigenvalue weighted by atomic mass is 16.6. The molecule has 0 heterocycles. The summed E-state index contributed by atoms with van der Waals surface area (Å²) in [6, 6.07) is 0. The molecule has 0 saturated carbocycles. The predicted octanol–water partition coefficient (Wildman–Crippen LogP) is -0.530. The van der Waals surface area contributed by atoms with E-state index in [-0.39, 0.29) is 6.73 Å². The monoisotopic (exact) mass is 405 g/mol. The molecule has 28 heavy (non-hydrogen) atoms. The first kappa shape index (κ1) is 26.4. The molecule has 11 heteroatoms. The number of rotatable bonds is 20. The second-order valence-corrected chi connectivity index (χ2v) is 5.91. The molecular formula is C17H39N7O4. The van der Waals surface area contributed by atoms with Crippen molar-refractivity contribution in [1.82, 2.24) is 26.7 Å². The highest BCUT2D eigenvalue weighted by Gasteiger charge is 2.11. The molecule has 0 amide bonds. The molecular weight excluding hydrogens is 366 g/mol. The Morgan fingerprint density at radius 1 is 1.11 bits per heavy atom. The van der Waals surface area contributed by atoms with Gasteiger partial charge in [-0.25, -0.2) is 11.3 Å². The van der Waals surface area contributed by atoms with Crippen molar-refractivity contribution in [2.45, 2.75) is 40.0 Å². The summed E-state index contributed by atoms with van der Waals surface area (Å²) >= 11 is 0. The summed E-state index contributed by atoms with van der Waals surface area (Å²) in [6.07, 6.45) is 1.63. The zero-order valence-electron chi connectivity index (χ0n) is 17.4. The first-order valence-electron chi connectivity index (χ1n) is 9.46. The molecule has 166 valence electrons. The minimum atomic E-state index is -0.494. The van der Waals surface area contributed by atoms with Crippen LogP contribution < -0.4 is 38.4 Å². The summed E-state index contributed by atoms with van der Waals surface area (Å²) in [6.45, 7) is 12.6. The molecule has 0 aliphatic carbocycles. The van der Waals surface area contributed by atoms with Gasteiger partial charge in [0.15, 0.2) is 6.35 Å². The van der Waals surface area contributed by atoms with E-state index in [0.717, 1.165) is 30.9 Å². The normalized spacial score (nSPS) is 12.9. The lowest BCUT2D eigenvalue weighted by molar-refractivity contribution is -0.0291. The maximum Gasteiger partial charge on any atom is 0.186 e. The minimum absolute atomic E-state index is 0.190. The Labute approximate surface area is 168 Å². The number of allylic oxidation sites excluding steroid dienone is 2. The van der Waals surface area contributed by atoms with Gasteiger partial charge in [-0.3, -0.25) is 16.0 Å². The number of nitrogens with two attached hydrogens (primary N) is 2. The molecule has 1 atom stereocenters. The van der Waals surface area contributed by atoms with E-state index in [4.69, 9.17) is 26.0 Å². The van der Waals surface area contributed by atoms with E-state index in [9.17, 15) is 0 Å². The summed E-state index contributed by atoms with van der Waals surface area (Å²) in [7, 11) is 0. The van der Waals surface area contributed by atoms with Crippen molar-refractivity contribution < 1.29 is 19.0 Å². The zero-order valence-corrected chi connectivity index (χ0v) is 17.4. The average Bonchev–Trinajstić information content (AvgIpc) is 2.67. The minimum Gasteiger partial charge on any atom is -0.496 e. The Morgan fingerprint density at radius 2 is 1.86 bits per heavy atom. The summed E-state index contributed by atoms with van der Waals surface area (Å²) < 4.78 is 16.5. The molecule has 0 aromatic carbocycles. The van der Waals surface area contributed by atoms with Crippen LogP contribution in [0.5, 0.6) is 0 Å². The fourth-order valence-electron chi connectivity index (χ4n) is 1.96. The summed E-state index contributed by atoms with van der Waals surface area (Å²) in [5, 5.41) is 12.8. The summed E-state index contributed by atoms with van der Waals surface area (Å²) in [5.74, 6) is 11.9. The Kier molecular flexibility index (Phi) is 17.7. The van der Waals surface area contributed by atoms with Crippen LogP contribution in [0.15, 0.2) is 23.9 Å². The smallest absolute Gasteiger partial charge is 0.186 e. The third kappa shape index (κ3) is 15.5. The van der Waals surface area contributed by atoms with Crippen molar-refractivity contribution in [3.8, 4) is 0 Å². The fraction of sp³-hybridized carbons (Fsp3) is 0.765. The highest BCUT2D eigenvalue weighted by Crippen LogP contribution is 1.98. The van der Waals surface area contributed by atoms with Crippen molar-refractivity contribution in [3.63, 3.8) is 0 Å². The molecule has 0 radical (unpaired) electrons. The van der Waals surface area contributed by atoms with Gasteiger partial charge in [-0.05, 0) is 20.3 Å². The number of nitrogens with one attached hydrogen (secondary N) is 5. The van der Waals surface area contributed by atoms with Gasteiger partial charge in [-0.2, -0.15) is 0 Å². The lowest BCUT2D eigenvalue weighted by atomic mass is 10.3. The number of ether oxygens (including phenoxy) is 3. The highest BCUT2D eigenvalue weighted by molar-refractivity contribution is 5.07.